The zero-order valence-corrected chi connectivity index (χ0v) is 12.1. The van der Waals surface area contributed by atoms with Crippen molar-refractivity contribution in [2.45, 2.75) is 32.7 Å². The van der Waals surface area contributed by atoms with E-state index in [4.69, 9.17) is 0 Å². The third-order valence-corrected chi connectivity index (χ3v) is 3.88. The molecule has 1 atom stereocenters. The zero-order chi connectivity index (χ0) is 13.7. The summed E-state index contributed by atoms with van der Waals surface area (Å²) in [6.45, 7) is 5.23. The lowest BCUT2D eigenvalue weighted by atomic mass is 9.99. The summed E-state index contributed by atoms with van der Waals surface area (Å²) in [5.74, 6) is -0.182. The van der Waals surface area contributed by atoms with Gasteiger partial charge in [-0.1, -0.05) is 13.0 Å². The molecule has 2 rings (SSSR count). The summed E-state index contributed by atoms with van der Waals surface area (Å²) in [6, 6.07) is 5.27. The molecule has 0 amide bonds. The summed E-state index contributed by atoms with van der Waals surface area (Å²) in [7, 11) is 0. The highest BCUT2D eigenvalue weighted by Gasteiger charge is 2.12. The first-order valence-electron chi connectivity index (χ1n) is 6.60. The van der Waals surface area contributed by atoms with Gasteiger partial charge in [0.1, 0.15) is 5.82 Å². The van der Waals surface area contributed by atoms with Crippen molar-refractivity contribution in [2.24, 2.45) is 0 Å². The number of thiazole rings is 1. The first-order valence-corrected chi connectivity index (χ1v) is 7.48. The average molecular weight is 278 g/mol. The second-order valence-electron chi connectivity index (χ2n) is 4.62. The Bertz CT molecular complexity index is 511. The number of aromatic nitrogens is 1. The summed E-state index contributed by atoms with van der Waals surface area (Å²) in [4.78, 5) is 4.28. The standard InChI is InChI=1S/C15H19FN2S/c1-3-6-17-11(2)14-5-4-13(16)9-12(14)10-15-18-7-8-19-15/h4-5,7-9,11,17H,3,6,10H2,1-2H3. The predicted molar refractivity (Wildman–Crippen MR) is 78.0 cm³/mol. The highest BCUT2D eigenvalue weighted by molar-refractivity contribution is 7.09. The fourth-order valence-corrected chi connectivity index (χ4v) is 2.76. The minimum Gasteiger partial charge on any atom is -0.310 e. The van der Waals surface area contributed by atoms with Gasteiger partial charge in [0.2, 0.25) is 0 Å². The number of hydrogen-bond donors (Lipinski definition) is 1. The van der Waals surface area contributed by atoms with Gasteiger partial charge in [-0.05, 0) is 43.1 Å². The highest BCUT2D eigenvalue weighted by Crippen LogP contribution is 2.22. The van der Waals surface area contributed by atoms with Gasteiger partial charge in [0.15, 0.2) is 0 Å². The van der Waals surface area contributed by atoms with Crippen LogP contribution >= 0.6 is 11.3 Å². The first-order chi connectivity index (χ1) is 9.20. The number of halogens is 1. The smallest absolute Gasteiger partial charge is 0.123 e. The van der Waals surface area contributed by atoms with Crippen molar-refractivity contribution >= 4 is 11.3 Å². The molecule has 1 N–H and O–H groups in total. The fourth-order valence-electron chi connectivity index (χ4n) is 2.12. The second-order valence-corrected chi connectivity index (χ2v) is 5.60. The van der Waals surface area contributed by atoms with E-state index in [1.165, 1.54) is 6.07 Å². The molecule has 0 spiro atoms. The SMILES string of the molecule is CCCNC(C)c1ccc(F)cc1Cc1nccs1. The van der Waals surface area contributed by atoms with Crippen molar-refractivity contribution in [2.75, 3.05) is 6.54 Å². The minimum absolute atomic E-state index is 0.182. The molecule has 0 aliphatic rings. The highest BCUT2D eigenvalue weighted by atomic mass is 32.1. The molecule has 0 bridgehead atoms. The zero-order valence-electron chi connectivity index (χ0n) is 11.3. The molecule has 0 saturated carbocycles. The van der Waals surface area contributed by atoms with E-state index in [1.807, 2.05) is 11.4 Å². The number of nitrogens with zero attached hydrogens (tertiary/aromatic N) is 1. The molecular formula is C15H19FN2S. The van der Waals surface area contributed by atoms with E-state index >= 15 is 0 Å². The predicted octanol–water partition coefficient (Wildman–Crippen LogP) is 3.93. The van der Waals surface area contributed by atoms with Crippen molar-refractivity contribution in [3.05, 3.63) is 51.7 Å². The van der Waals surface area contributed by atoms with Gasteiger partial charge < -0.3 is 5.32 Å². The second kappa shape index (κ2) is 6.78. The van der Waals surface area contributed by atoms with Crippen LogP contribution in [-0.2, 0) is 6.42 Å². The molecule has 1 aromatic heterocycles. The Balaban J connectivity index is 2.22. The van der Waals surface area contributed by atoms with Crippen molar-refractivity contribution < 1.29 is 4.39 Å². The lowest BCUT2D eigenvalue weighted by molar-refractivity contribution is 0.563. The Hall–Kier alpha value is -1.26. The lowest BCUT2D eigenvalue weighted by Crippen LogP contribution is -2.20. The van der Waals surface area contributed by atoms with E-state index in [2.05, 4.69) is 24.1 Å². The van der Waals surface area contributed by atoms with Crippen LogP contribution in [0, 0.1) is 5.82 Å². The normalized spacial score (nSPS) is 12.6. The van der Waals surface area contributed by atoms with E-state index in [0.717, 1.165) is 29.1 Å². The van der Waals surface area contributed by atoms with Crippen LogP contribution < -0.4 is 5.32 Å². The van der Waals surface area contributed by atoms with Crippen molar-refractivity contribution in [3.63, 3.8) is 0 Å². The molecule has 1 heterocycles. The van der Waals surface area contributed by atoms with E-state index in [-0.39, 0.29) is 11.9 Å². The average Bonchev–Trinajstić information content (AvgIpc) is 2.89. The van der Waals surface area contributed by atoms with Gasteiger partial charge in [-0.2, -0.15) is 0 Å². The van der Waals surface area contributed by atoms with Crippen molar-refractivity contribution in [1.82, 2.24) is 10.3 Å². The largest absolute Gasteiger partial charge is 0.310 e. The Kier molecular flexibility index (Phi) is 5.05. The van der Waals surface area contributed by atoms with Crippen LogP contribution in [0.2, 0.25) is 0 Å². The molecule has 102 valence electrons. The van der Waals surface area contributed by atoms with Crippen LogP contribution in [0.3, 0.4) is 0 Å². The molecular weight excluding hydrogens is 259 g/mol. The summed E-state index contributed by atoms with van der Waals surface area (Å²) in [5, 5.41) is 6.42. The van der Waals surface area contributed by atoms with Gasteiger partial charge in [0, 0.05) is 24.0 Å². The molecule has 0 aliphatic heterocycles. The molecule has 1 aromatic carbocycles. The third kappa shape index (κ3) is 3.85. The van der Waals surface area contributed by atoms with Gasteiger partial charge in [-0.25, -0.2) is 9.37 Å². The first kappa shape index (κ1) is 14.2. The van der Waals surface area contributed by atoms with Crippen molar-refractivity contribution in [3.8, 4) is 0 Å². The minimum atomic E-state index is -0.182. The Morgan fingerprint density at radius 2 is 2.26 bits per heavy atom. The third-order valence-electron chi connectivity index (χ3n) is 3.10. The van der Waals surface area contributed by atoms with Crippen molar-refractivity contribution in [1.29, 1.82) is 0 Å². The maximum absolute atomic E-state index is 13.5. The monoisotopic (exact) mass is 278 g/mol. The summed E-state index contributed by atoms with van der Waals surface area (Å²) >= 11 is 1.61. The van der Waals surface area contributed by atoms with Crippen LogP contribution in [-0.4, -0.2) is 11.5 Å². The van der Waals surface area contributed by atoms with Crippen LogP contribution in [0.1, 0.15) is 42.4 Å². The topological polar surface area (TPSA) is 24.9 Å². The molecule has 2 aromatic rings. The van der Waals surface area contributed by atoms with Crippen LogP contribution in [0.25, 0.3) is 0 Å². The Morgan fingerprint density at radius 1 is 1.42 bits per heavy atom. The summed E-state index contributed by atoms with van der Waals surface area (Å²) in [5.41, 5.74) is 2.18. The molecule has 19 heavy (non-hydrogen) atoms. The van der Waals surface area contributed by atoms with E-state index < -0.39 is 0 Å². The maximum Gasteiger partial charge on any atom is 0.123 e. The molecule has 1 unspecified atom stereocenters. The molecule has 4 heteroatoms. The van der Waals surface area contributed by atoms with Gasteiger partial charge in [-0.3, -0.25) is 0 Å². The van der Waals surface area contributed by atoms with Crippen LogP contribution in [0.5, 0.6) is 0 Å². The summed E-state index contributed by atoms with van der Waals surface area (Å²) in [6.07, 6.45) is 3.58. The van der Waals surface area contributed by atoms with Gasteiger partial charge in [0.05, 0.1) is 5.01 Å². The van der Waals surface area contributed by atoms with Crippen LogP contribution in [0.4, 0.5) is 4.39 Å². The van der Waals surface area contributed by atoms with E-state index in [9.17, 15) is 4.39 Å². The lowest BCUT2D eigenvalue weighted by Gasteiger charge is -2.17. The molecule has 2 nitrogen and oxygen atoms in total. The number of rotatable bonds is 6. The number of hydrogen-bond acceptors (Lipinski definition) is 3. The number of benzene rings is 1. The van der Waals surface area contributed by atoms with Gasteiger partial charge in [-0.15, -0.1) is 11.3 Å². The molecule has 0 aliphatic carbocycles. The number of nitrogens with one attached hydrogen (secondary N) is 1. The molecule has 0 radical (unpaired) electrons. The Morgan fingerprint density at radius 3 is 2.95 bits per heavy atom. The molecule has 0 saturated heterocycles. The van der Waals surface area contributed by atoms with Gasteiger partial charge >= 0.3 is 0 Å². The fraction of sp³-hybridized carbons (Fsp3) is 0.400. The maximum atomic E-state index is 13.5. The van der Waals surface area contributed by atoms with Gasteiger partial charge in [0.25, 0.3) is 0 Å². The van der Waals surface area contributed by atoms with E-state index in [0.29, 0.717) is 6.42 Å². The van der Waals surface area contributed by atoms with E-state index in [1.54, 1.807) is 23.6 Å². The molecule has 0 fully saturated rings. The van der Waals surface area contributed by atoms with Crippen LogP contribution in [0.15, 0.2) is 29.8 Å². The summed E-state index contributed by atoms with van der Waals surface area (Å²) < 4.78 is 13.5. The Labute approximate surface area is 117 Å². The quantitative estimate of drug-likeness (QED) is 0.866.